The van der Waals surface area contributed by atoms with Crippen molar-refractivity contribution >= 4 is 5.97 Å². The Morgan fingerprint density at radius 2 is 2.13 bits per heavy atom. The number of hydrogen-bond acceptors (Lipinski definition) is 4. The van der Waals surface area contributed by atoms with Crippen LogP contribution in [0.3, 0.4) is 0 Å². The summed E-state index contributed by atoms with van der Waals surface area (Å²) in [5.74, 6) is 0.540. The number of fused-ring (bicyclic) bond motifs is 3. The molecule has 0 radical (unpaired) electrons. The van der Waals surface area contributed by atoms with Gasteiger partial charge in [0, 0.05) is 5.92 Å². The van der Waals surface area contributed by atoms with Crippen molar-refractivity contribution in [3.63, 3.8) is 0 Å². The molecule has 1 unspecified atom stereocenters. The summed E-state index contributed by atoms with van der Waals surface area (Å²) < 4.78 is 12.7. The standard InChI is InChI=1S/C16H18N2O3.C2H6/c1-4-20-16(19)12-8-13-11(3)9-21-15-6-5-10(2)7-14(15)18(13)17-12;1-2/h5-8,11H,4,9H2,1-3H3;1-2H3. The molecule has 3 rings (SSSR count). The van der Waals surface area contributed by atoms with Crippen LogP contribution in [0.25, 0.3) is 5.69 Å². The van der Waals surface area contributed by atoms with Crippen LogP contribution in [0.2, 0.25) is 0 Å². The lowest BCUT2D eigenvalue weighted by Crippen LogP contribution is -2.07. The zero-order valence-corrected chi connectivity index (χ0v) is 14.4. The molecule has 2 aromatic rings. The number of ether oxygens (including phenoxy) is 2. The molecule has 5 heteroatoms. The molecule has 124 valence electrons. The van der Waals surface area contributed by atoms with E-state index in [1.165, 1.54) is 0 Å². The molecule has 0 amide bonds. The quantitative estimate of drug-likeness (QED) is 0.789. The highest BCUT2D eigenvalue weighted by Gasteiger charge is 2.25. The number of carbonyl (C=O) groups is 1. The average molecular weight is 316 g/mol. The topological polar surface area (TPSA) is 53.4 Å². The third kappa shape index (κ3) is 3.38. The first-order chi connectivity index (χ1) is 11.1. The maximum Gasteiger partial charge on any atom is 0.358 e. The molecule has 1 aliphatic rings. The zero-order chi connectivity index (χ0) is 17.0. The van der Waals surface area contributed by atoms with Gasteiger partial charge in [0.25, 0.3) is 0 Å². The van der Waals surface area contributed by atoms with E-state index in [1.807, 2.05) is 39.0 Å². The minimum atomic E-state index is -0.389. The Morgan fingerprint density at radius 1 is 1.39 bits per heavy atom. The van der Waals surface area contributed by atoms with Crippen LogP contribution in [0.4, 0.5) is 0 Å². The molecule has 2 heterocycles. The number of aryl methyl sites for hydroxylation is 1. The van der Waals surface area contributed by atoms with Crippen molar-refractivity contribution in [3.8, 4) is 11.4 Å². The molecule has 0 saturated heterocycles. The lowest BCUT2D eigenvalue weighted by Gasteiger charge is -2.08. The molecule has 23 heavy (non-hydrogen) atoms. The Kier molecular flexibility index (Phi) is 5.42. The summed E-state index contributed by atoms with van der Waals surface area (Å²) in [6, 6.07) is 7.75. The van der Waals surface area contributed by atoms with Crippen LogP contribution in [-0.4, -0.2) is 29.0 Å². The van der Waals surface area contributed by atoms with Crippen molar-refractivity contribution in [1.82, 2.24) is 9.78 Å². The third-order valence-electron chi connectivity index (χ3n) is 3.56. The molecule has 0 aliphatic carbocycles. The minimum absolute atomic E-state index is 0.147. The van der Waals surface area contributed by atoms with Gasteiger partial charge in [0.15, 0.2) is 5.69 Å². The van der Waals surface area contributed by atoms with E-state index in [0.717, 1.165) is 22.7 Å². The number of aromatic nitrogens is 2. The highest BCUT2D eigenvalue weighted by Crippen LogP contribution is 2.32. The van der Waals surface area contributed by atoms with Crippen molar-refractivity contribution in [3.05, 3.63) is 41.2 Å². The average Bonchev–Trinajstić information content (AvgIpc) is 2.96. The zero-order valence-electron chi connectivity index (χ0n) is 14.4. The lowest BCUT2D eigenvalue weighted by atomic mass is 10.1. The highest BCUT2D eigenvalue weighted by molar-refractivity contribution is 5.87. The number of nitrogens with zero attached hydrogens (tertiary/aromatic N) is 2. The predicted molar refractivity (Wildman–Crippen MR) is 89.5 cm³/mol. The number of carbonyl (C=O) groups excluding carboxylic acids is 1. The summed E-state index contributed by atoms with van der Waals surface area (Å²) in [5, 5.41) is 4.42. The molecular weight excluding hydrogens is 292 g/mol. The van der Waals surface area contributed by atoms with Gasteiger partial charge in [-0.3, -0.25) is 0 Å². The number of hydrogen-bond donors (Lipinski definition) is 0. The van der Waals surface area contributed by atoms with E-state index >= 15 is 0 Å². The fraction of sp³-hybridized carbons (Fsp3) is 0.444. The van der Waals surface area contributed by atoms with Gasteiger partial charge in [-0.1, -0.05) is 26.8 Å². The predicted octanol–water partition coefficient (Wildman–Crippen LogP) is 3.88. The molecule has 5 nitrogen and oxygen atoms in total. The van der Waals surface area contributed by atoms with Gasteiger partial charge in [-0.25, -0.2) is 9.48 Å². The SMILES string of the molecule is CC.CCOC(=O)c1cc2n(n1)-c1cc(C)ccc1OCC2C. The van der Waals surface area contributed by atoms with Gasteiger partial charge in [-0.2, -0.15) is 5.10 Å². The van der Waals surface area contributed by atoms with E-state index in [-0.39, 0.29) is 11.9 Å². The fourth-order valence-electron chi connectivity index (χ4n) is 2.46. The second kappa shape index (κ2) is 7.31. The van der Waals surface area contributed by atoms with Crippen LogP contribution in [-0.2, 0) is 4.74 Å². The first kappa shape index (κ1) is 17.1. The van der Waals surface area contributed by atoms with Crippen molar-refractivity contribution in [2.24, 2.45) is 0 Å². The van der Waals surface area contributed by atoms with Gasteiger partial charge >= 0.3 is 5.97 Å². The Hall–Kier alpha value is -2.30. The van der Waals surface area contributed by atoms with Crippen molar-refractivity contribution < 1.29 is 14.3 Å². The van der Waals surface area contributed by atoms with Crippen LogP contribution >= 0.6 is 0 Å². The monoisotopic (exact) mass is 316 g/mol. The van der Waals surface area contributed by atoms with Crippen LogP contribution in [0.5, 0.6) is 5.75 Å². The number of benzene rings is 1. The van der Waals surface area contributed by atoms with E-state index in [9.17, 15) is 4.79 Å². The van der Waals surface area contributed by atoms with E-state index in [1.54, 1.807) is 17.7 Å². The summed E-state index contributed by atoms with van der Waals surface area (Å²) in [4.78, 5) is 11.9. The van der Waals surface area contributed by atoms with Crippen LogP contribution < -0.4 is 4.74 Å². The summed E-state index contributed by atoms with van der Waals surface area (Å²) >= 11 is 0. The van der Waals surface area contributed by atoms with Crippen LogP contribution in [0, 0.1) is 6.92 Å². The van der Waals surface area contributed by atoms with Gasteiger partial charge in [0.05, 0.1) is 18.9 Å². The third-order valence-corrected chi connectivity index (χ3v) is 3.56. The Balaban J connectivity index is 0.000000924. The van der Waals surface area contributed by atoms with Gasteiger partial charge in [0.1, 0.15) is 11.4 Å². The maximum atomic E-state index is 11.9. The molecule has 1 aromatic carbocycles. The second-order valence-electron chi connectivity index (χ2n) is 5.27. The molecule has 0 bridgehead atoms. The van der Waals surface area contributed by atoms with E-state index in [4.69, 9.17) is 9.47 Å². The molecule has 0 spiro atoms. The van der Waals surface area contributed by atoms with Crippen molar-refractivity contribution in [2.45, 2.75) is 40.5 Å². The molecule has 1 aliphatic heterocycles. The second-order valence-corrected chi connectivity index (χ2v) is 5.27. The van der Waals surface area contributed by atoms with Gasteiger partial charge in [-0.15, -0.1) is 0 Å². The maximum absolute atomic E-state index is 11.9. The van der Waals surface area contributed by atoms with Crippen molar-refractivity contribution in [1.29, 1.82) is 0 Å². The van der Waals surface area contributed by atoms with E-state index in [2.05, 4.69) is 12.0 Å². The summed E-state index contributed by atoms with van der Waals surface area (Å²) in [6.45, 7) is 10.8. The Bertz CT molecular complexity index is 692. The smallest absolute Gasteiger partial charge is 0.358 e. The summed E-state index contributed by atoms with van der Waals surface area (Å²) in [7, 11) is 0. The van der Waals surface area contributed by atoms with E-state index < -0.39 is 0 Å². The normalized spacial score (nSPS) is 15.3. The number of esters is 1. The highest BCUT2D eigenvalue weighted by atomic mass is 16.5. The van der Waals surface area contributed by atoms with Crippen LogP contribution in [0.15, 0.2) is 24.3 Å². The molecule has 0 N–H and O–H groups in total. The Morgan fingerprint density at radius 3 is 2.83 bits per heavy atom. The van der Waals surface area contributed by atoms with Gasteiger partial charge in [0.2, 0.25) is 0 Å². The lowest BCUT2D eigenvalue weighted by molar-refractivity contribution is 0.0519. The largest absolute Gasteiger partial charge is 0.491 e. The molecule has 1 aromatic heterocycles. The van der Waals surface area contributed by atoms with Crippen LogP contribution in [0.1, 0.15) is 55.4 Å². The molecule has 0 saturated carbocycles. The summed E-state index contributed by atoms with van der Waals surface area (Å²) in [6.07, 6.45) is 0. The van der Waals surface area contributed by atoms with Gasteiger partial charge in [-0.05, 0) is 37.6 Å². The van der Waals surface area contributed by atoms with Crippen molar-refractivity contribution in [2.75, 3.05) is 13.2 Å². The fourth-order valence-corrected chi connectivity index (χ4v) is 2.46. The molecule has 1 atom stereocenters. The molecule has 0 fully saturated rings. The Labute approximate surface area is 137 Å². The summed E-state index contributed by atoms with van der Waals surface area (Å²) in [5.41, 5.74) is 3.28. The van der Waals surface area contributed by atoms with E-state index in [0.29, 0.717) is 18.9 Å². The first-order valence-electron chi connectivity index (χ1n) is 8.11. The first-order valence-corrected chi connectivity index (χ1v) is 8.11. The van der Waals surface area contributed by atoms with Gasteiger partial charge < -0.3 is 9.47 Å². The minimum Gasteiger partial charge on any atom is -0.491 e. The number of rotatable bonds is 2. The molecular formula is C18H24N2O3.